The summed E-state index contributed by atoms with van der Waals surface area (Å²) in [5, 5.41) is 143. The molecular weight excluding hydrogens is 748 g/mol. The fourth-order valence-corrected chi connectivity index (χ4v) is 6.25. The average molecular weight is 789 g/mol. The molecule has 15 atom stereocenters. The number of hydrogen-bond acceptors (Lipinski definition) is 22. The van der Waals surface area contributed by atoms with Gasteiger partial charge in [-0.3, -0.25) is 4.79 Å². The summed E-state index contributed by atoms with van der Waals surface area (Å²) in [5.41, 5.74) is -1.68. The standard InChI is InChI=1S/C33H40O22/c34-6-15-19(39)23(43)26(46)31(52-15)49-8-17-21(41)25(45)27(47)32(54-17)50-10-4-13(38)18-14(5-10)51-29(9-1-2-11(36)12(37)3-9)30(22(18)42)55-33-28(48)24(44)20(40)16(7-35)53-33/h1-5,15-17,19-21,23-28,31-41,43-48H,6-8H2. The fourth-order valence-electron chi connectivity index (χ4n) is 6.25. The van der Waals surface area contributed by atoms with E-state index < -0.39 is 157 Å². The summed E-state index contributed by atoms with van der Waals surface area (Å²) in [6.07, 6.45) is -26.3. The molecule has 14 N–H and O–H groups in total. The molecule has 22 heteroatoms. The molecule has 3 fully saturated rings. The molecule has 3 aliphatic rings. The Hall–Kier alpha value is -3.95. The number of phenols is 3. The highest BCUT2D eigenvalue weighted by molar-refractivity contribution is 5.88. The molecule has 0 aliphatic carbocycles. The molecule has 4 heterocycles. The quantitative estimate of drug-likeness (QED) is 0.0853. The first-order chi connectivity index (χ1) is 26.1. The van der Waals surface area contributed by atoms with Crippen molar-refractivity contribution < 1.29 is 104 Å². The summed E-state index contributed by atoms with van der Waals surface area (Å²) in [5.74, 6) is -3.69. The third-order valence-corrected chi connectivity index (χ3v) is 9.42. The Morgan fingerprint density at radius 1 is 0.564 bits per heavy atom. The molecule has 55 heavy (non-hydrogen) atoms. The van der Waals surface area contributed by atoms with Crippen LogP contribution in [-0.2, 0) is 18.9 Å². The van der Waals surface area contributed by atoms with Crippen molar-refractivity contribution in [2.75, 3.05) is 19.8 Å². The van der Waals surface area contributed by atoms with Gasteiger partial charge in [0.15, 0.2) is 23.5 Å². The van der Waals surface area contributed by atoms with Crippen LogP contribution >= 0.6 is 0 Å². The maximum absolute atomic E-state index is 13.9. The van der Waals surface area contributed by atoms with Crippen LogP contribution < -0.4 is 14.9 Å². The van der Waals surface area contributed by atoms with E-state index in [1.165, 1.54) is 6.07 Å². The van der Waals surface area contributed by atoms with Gasteiger partial charge in [-0.2, -0.15) is 0 Å². The fraction of sp³-hybridized carbons (Fsp3) is 0.545. The molecule has 0 bridgehead atoms. The van der Waals surface area contributed by atoms with E-state index in [-0.39, 0.29) is 11.3 Å². The van der Waals surface area contributed by atoms with Crippen LogP contribution in [0.1, 0.15) is 0 Å². The van der Waals surface area contributed by atoms with Gasteiger partial charge in [-0.15, -0.1) is 0 Å². The second kappa shape index (κ2) is 16.3. The average Bonchev–Trinajstić information content (AvgIpc) is 3.16. The molecule has 3 saturated heterocycles. The summed E-state index contributed by atoms with van der Waals surface area (Å²) < 4.78 is 38.9. The molecule has 22 nitrogen and oxygen atoms in total. The molecule has 2 aromatic carbocycles. The van der Waals surface area contributed by atoms with E-state index in [1.54, 1.807) is 0 Å². The minimum absolute atomic E-state index is 0.120. The van der Waals surface area contributed by atoms with Crippen LogP contribution in [0.4, 0.5) is 0 Å². The largest absolute Gasteiger partial charge is 0.507 e. The molecule has 3 aliphatic heterocycles. The molecule has 6 rings (SSSR count). The van der Waals surface area contributed by atoms with E-state index in [0.29, 0.717) is 0 Å². The van der Waals surface area contributed by atoms with Crippen molar-refractivity contribution >= 4 is 11.0 Å². The Labute approximate surface area is 307 Å². The van der Waals surface area contributed by atoms with Gasteiger partial charge in [0.05, 0.1) is 19.8 Å². The minimum Gasteiger partial charge on any atom is -0.507 e. The number of aliphatic hydroxyl groups excluding tert-OH is 11. The van der Waals surface area contributed by atoms with E-state index in [0.717, 1.165) is 24.3 Å². The smallest absolute Gasteiger partial charge is 0.239 e. The minimum atomic E-state index is -1.99. The summed E-state index contributed by atoms with van der Waals surface area (Å²) >= 11 is 0. The number of rotatable bonds is 10. The maximum atomic E-state index is 13.9. The Morgan fingerprint density at radius 2 is 1.09 bits per heavy atom. The van der Waals surface area contributed by atoms with Crippen molar-refractivity contribution in [3.63, 3.8) is 0 Å². The first-order valence-corrected chi connectivity index (χ1v) is 16.7. The number of ether oxygens (including phenoxy) is 6. The third-order valence-electron chi connectivity index (χ3n) is 9.42. The lowest BCUT2D eigenvalue weighted by Gasteiger charge is -2.42. The Kier molecular flexibility index (Phi) is 12.0. The number of phenolic OH excluding ortho intramolecular Hbond substituents is 3. The van der Waals surface area contributed by atoms with Gasteiger partial charge < -0.3 is 104 Å². The second-order valence-corrected chi connectivity index (χ2v) is 13.1. The van der Waals surface area contributed by atoms with Gasteiger partial charge in [0.1, 0.15) is 95.7 Å². The van der Waals surface area contributed by atoms with E-state index in [2.05, 4.69) is 0 Å². The highest BCUT2D eigenvalue weighted by Crippen LogP contribution is 2.40. The van der Waals surface area contributed by atoms with Gasteiger partial charge in [-0.1, -0.05) is 0 Å². The first-order valence-electron chi connectivity index (χ1n) is 16.7. The van der Waals surface area contributed by atoms with Crippen LogP contribution in [0.25, 0.3) is 22.3 Å². The molecule has 1 aromatic heterocycles. The second-order valence-electron chi connectivity index (χ2n) is 13.1. The van der Waals surface area contributed by atoms with Crippen molar-refractivity contribution in [2.45, 2.75) is 92.1 Å². The van der Waals surface area contributed by atoms with Crippen LogP contribution in [0.15, 0.2) is 39.5 Å². The van der Waals surface area contributed by atoms with Gasteiger partial charge in [-0.25, -0.2) is 0 Å². The van der Waals surface area contributed by atoms with E-state index >= 15 is 0 Å². The maximum Gasteiger partial charge on any atom is 0.239 e. The van der Waals surface area contributed by atoms with Crippen molar-refractivity contribution in [2.24, 2.45) is 0 Å². The Morgan fingerprint density at radius 3 is 1.67 bits per heavy atom. The monoisotopic (exact) mass is 788 g/mol. The van der Waals surface area contributed by atoms with Crippen molar-refractivity contribution in [1.29, 1.82) is 0 Å². The number of hydrogen-bond donors (Lipinski definition) is 14. The highest BCUT2D eigenvalue weighted by Gasteiger charge is 2.49. The number of aromatic hydroxyl groups is 3. The van der Waals surface area contributed by atoms with Gasteiger partial charge in [-0.05, 0) is 18.2 Å². The summed E-state index contributed by atoms with van der Waals surface area (Å²) in [4.78, 5) is 13.9. The van der Waals surface area contributed by atoms with Crippen molar-refractivity contribution in [1.82, 2.24) is 0 Å². The number of fused-ring (bicyclic) bond motifs is 1. The highest BCUT2D eigenvalue weighted by atomic mass is 16.7. The van der Waals surface area contributed by atoms with E-state index in [4.69, 9.17) is 32.8 Å². The third kappa shape index (κ3) is 7.76. The van der Waals surface area contributed by atoms with Crippen LogP contribution in [0.2, 0.25) is 0 Å². The van der Waals surface area contributed by atoms with Gasteiger partial charge in [0.25, 0.3) is 0 Å². The Bertz CT molecular complexity index is 1870. The summed E-state index contributed by atoms with van der Waals surface area (Å²) in [7, 11) is 0. The molecular formula is C33H40O22. The summed E-state index contributed by atoms with van der Waals surface area (Å²) in [6.45, 7) is -2.26. The van der Waals surface area contributed by atoms with Crippen molar-refractivity contribution in [3.05, 3.63) is 40.6 Å². The Balaban J connectivity index is 1.30. The van der Waals surface area contributed by atoms with E-state index in [9.17, 15) is 76.3 Å². The molecule has 15 unspecified atom stereocenters. The lowest BCUT2D eigenvalue weighted by molar-refractivity contribution is -0.323. The lowest BCUT2D eigenvalue weighted by atomic mass is 9.98. The zero-order valence-electron chi connectivity index (χ0n) is 28.2. The SMILES string of the molecule is O=c1c(OC2OC(CO)C(O)C(O)C2O)c(-c2ccc(O)c(O)c2)oc2cc(OC3OC(COC4OC(CO)C(O)C(O)C4O)C(O)C(O)C3O)cc(O)c12. The lowest BCUT2D eigenvalue weighted by Crippen LogP contribution is -2.62. The van der Waals surface area contributed by atoms with Crippen molar-refractivity contribution in [3.8, 4) is 40.1 Å². The van der Waals surface area contributed by atoms with Crippen LogP contribution in [0, 0.1) is 0 Å². The van der Waals surface area contributed by atoms with Crippen LogP contribution in [-0.4, -0.2) is 183 Å². The zero-order chi connectivity index (χ0) is 40.0. The van der Waals surface area contributed by atoms with Gasteiger partial charge >= 0.3 is 0 Å². The molecule has 0 radical (unpaired) electrons. The van der Waals surface area contributed by atoms with Gasteiger partial charge in [0.2, 0.25) is 23.8 Å². The molecule has 0 amide bonds. The van der Waals surface area contributed by atoms with Gasteiger partial charge in [0, 0.05) is 17.7 Å². The topological polar surface area (TPSA) is 369 Å². The first kappa shape index (κ1) is 40.7. The molecule has 0 spiro atoms. The normalized spacial score (nSPS) is 36.8. The predicted octanol–water partition coefficient (Wildman–Crippen LogP) is -5.24. The predicted molar refractivity (Wildman–Crippen MR) is 174 cm³/mol. The molecule has 304 valence electrons. The zero-order valence-corrected chi connectivity index (χ0v) is 28.2. The van der Waals surface area contributed by atoms with Crippen LogP contribution in [0.3, 0.4) is 0 Å². The summed E-state index contributed by atoms with van der Waals surface area (Å²) in [6, 6.07) is 5.08. The molecule has 0 saturated carbocycles. The number of benzene rings is 2. The van der Waals surface area contributed by atoms with Crippen LogP contribution in [0.5, 0.6) is 28.7 Å². The number of aliphatic hydroxyl groups is 11. The van der Waals surface area contributed by atoms with E-state index in [1.807, 2.05) is 0 Å². The molecule has 3 aromatic rings.